The molecule has 1 aromatic carbocycles. The van der Waals surface area contributed by atoms with E-state index in [9.17, 15) is 5.26 Å². The molecule has 0 N–H and O–H groups in total. The lowest BCUT2D eigenvalue weighted by molar-refractivity contribution is 1.03. The Morgan fingerprint density at radius 3 is 3.00 bits per heavy atom. The maximum Gasteiger partial charge on any atom is 0.164 e. The summed E-state index contributed by atoms with van der Waals surface area (Å²) in [6, 6.07) is 10.7. The lowest BCUT2D eigenvalue weighted by Gasteiger charge is -2.23. The third-order valence-corrected chi connectivity index (χ3v) is 5.64. The molecule has 2 aliphatic rings. The van der Waals surface area contributed by atoms with E-state index in [1.807, 2.05) is 6.07 Å². The van der Waals surface area contributed by atoms with E-state index >= 15 is 0 Å². The van der Waals surface area contributed by atoms with Gasteiger partial charge in [-0.25, -0.2) is 0 Å². The second-order valence-electron chi connectivity index (χ2n) is 4.03. The SMILES string of the molecule is N#CC1=CC2CC=CC[S+]2c2ccccc21. The summed E-state index contributed by atoms with van der Waals surface area (Å²) >= 11 is 0. The highest BCUT2D eigenvalue weighted by Crippen LogP contribution is 2.37. The van der Waals surface area contributed by atoms with Gasteiger partial charge in [0.25, 0.3) is 0 Å². The summed E-state index contributed by atoms with van der Waals surface area (Å²) in [4.78, 5) is 1.39. The van der Waals surface area contributed by atoms with Crippen molar-refractivity contribution in [2.75, 3.05) is 5.75 Å². The summed E-state index contributed by atoms with van der Waals surface area (Å²) in [5, 5.41) is 9.75. The van der Waals surface area contributed by atoms with E-state index in [4.69, 9.17) is 0 Å². The normalized spacial score (nSPS) is 26.3. The Hall–Kier alpha value is -1.46. The molecule has 0 aliphatic carbocycles. The predicted molar refractivity (Wildman–Crippen MR) is 68.1 cm³/mol. The van der Waals surface area contributed by atoms with Crippen molar-refractivity contribution in [2.24, 2.45) is 0 Å². The molecule has 2 heteroatoms. The smallest absolute Gasteiger partial charge is 0.164 e. The van der Waals surface area contributed by atoms with Gasteiger partial charge in [0.05, 0.1) is 11.6 Å². The van der Waals surface area contributed by atoms with Crippen molar-refractivity contribution in [3.05, 3.63) is 48.1 Å². The minimum atomic E-state index is 0.286. The predicted octanol–water partition coefficient (Wildman–Crippen LogP) is 2.91. The van der Waals surface area contributed by atoms with Gasteiger partial charge < -0.3 is 0 Å². The van der Waals surface area contributed by atoms with Crippen molar-refractivity contribution in [3.63, 3.8) is 0 Å². The molecule has 1 nitrogen and oxygen atoms in total. The van der Waals surface area contributed by atoms with Crippen LogP contribution in [-0.2, 0) is 10.9 Å². The van der Waals surface area contributed by atoms with Crippen molar-refractivity contribution >= 4 is 16.5 Å². The molecule has 2 atom stereocenters. The molecule has 0 amide bonds. The van der Waals surface area contributed by atoms with Gasteiger partial charge in [-0.15, -0.1) is 0 Å². The first-order valence-corrected chi connectivity index (χ1v) is 6.92. The maximum atomic E-state index is 9.19. The van der Waals surface area contributed by atoms with E-state index in [0.29, 0.717) is 5.25 Å². The molecule has 78 valence electrons. The van der Waals surface area contributed by atoms with Gasteiger partial charge in [-0.3, -0.25) is 0 Å². The second kappa shape index (κ2) is 3.84. The standard InChI is InChI=1S/C14H12NS/c15-10-11-9-12-5-3-4-8-16(12)14-7-2-1-6-13(11)14/h1-4,6-7,9,12H,5,8H2/q+1. The number of hydrogen-bond donors (Lipinski definition) is 0. The van der Waals surface area contributed by atoms with Gasteiger partial charge in [0.15, 0.2) is 4.90 Å². The molecule has 0 saturated heterocycles. The molecule has 0 bridgehead atoms. The topological polar surface area (TPSA) is 23.8 Å². The molecule has 0 radical (unpaired) electrons. The second-order valence-corrected chi connectivity index (χ2v) is 6.27. The molecule has 1 aromatic rings. The number of rotatable bonds is 0. The molecule has 0 aromatic heterocycles. The Balaban J connectivity index is 2.18. The largest absolute Gasteiger partial charge is 0.192 e. The van der Waals surface area contributed by atoms with Gasteiger partial charge in [0.1, 0.15) is 11.0 Å². The van der Waals surface area contributed by atoms with Gasteiger partial charge in [-0.2, -0.15) is 5.26 Å². The van der Waals surface area contributed by atoms with Crippen LogP contribution in [0.25, 0.3) is 5.57 Å². The van der Waals surface area contributed by atoms with E-state index in [2.05, 4.69) is 42.5 Å². The van der Waals surface area contributed by atoms with Gasteiger partial charge >= 0.3 is 0 Å². The molecular weight excluding hydrogens is 214 g/mol. The first-order valence-electron chi connectivity index (χ1n) is 5.46. The van der Waals surface area contributed by atoms with Crippen LogP contribution in [0.15, 0.2) is 47.4 Å². The van der Waals surface area contributed by atoms with Crippen LogP contribution in [0.3, 0.4) is 0 Å². The van der Waals surface area contributed by atoms with Crippen LogP contribution in [0.2, 0.25) is 0 Å². The third kappa shape index (κ3) is 1.40. The molecule has 0 saturated carbocycles. The number of allylic oxidation sites excluding steroid dienone is 2. The number of nitrogens with zero attached hydrogens (tertiary/aromatic N) is 1. The molecule has 0 spiro atoms. The Labute approximate surface area is 98.4 Å². The Bertz CT molecular complexity index is 522. The van der Waals surface area contributed by atoms with Crippen molar-refractivity contribution < 1.29 is 0 Å². The highest BCUT2D eigenvalue weighted by atomic mass is 32.2. The monoisotopic (exact) mass is 226 g/mol. The van der Waals surface area contributed by atoms with Gasteiger partial charge in [-0.05, 0) is 24.3 Å². The molecule has 0 fully saturated rings. The summed E-state index contributed by atoms with van der Waals surface area (Å²) in [5.74, 6) is 1.14. The summed E-state index contributed by atoms with van der Waals surface area (Å²) in [7, 11) is 0.286. The van der Waals surface area contributed by atoms with Crippen LogP contribution in [0.4, 0.5) is 0 Å². The lowest BCUT2D eigenvalue weighted by Crippen LogP contribution is -2.28. The minimum absolute atomic E-state index is 0.286. The number of fused-ring (bicyclic) bond motifs is 3. The number of hydrogen-bond acceptors (Lipinski definition) is 1. The van der Waals surface area contributed by atoms with Crippen molar-refractivity contribution in [3.8, 4) is 6.07 Å². The molecule has 3 rings (SSSR count). The average molecular weight is 226 g/mol. The third-order valence-electron chi connectivity index (χ3n) is 3.11. The van der Waals surface area contributed by atoms with E-state index < -0.39 is 0 Å². The lowest BCUT2D eigenvalue weighted by atomic mass is 10.0. The highest BCUT2D eigenvalue weighted by Gasteiger charge is 2.38. The van der Waals surface area contributed by atoms with Crippen LogP contribution in [0.5, 0.6) is 0 Å². The van der Waals surface area contributed by atoms with Crippen LogP contribution in [0, 0.1) is 11.3 Å². The Morgan fingerprint density at radius 1 is 1.25 bits per heavy atom. The summed E-state index contributed by atoms with van der Waals surface area (Å²) in [6.45, 7) is 0. The summed E-state index contributed by atoms with van der Waals surface area (Å²) in [6.07, 6.45) is 7.78. The quantitative estimate of drug-likeness (QED) is 0.493. The zero-order valence-corrected chi connectivity index (χ0v) is 9.70. The Morgan fingerprint density at radius 2 is 2.12 bits per heavy atom. The van der Waals surface area contributed by atoms with E-state index in [0.717, 1.165) is 23.3 Å². The number of benzene rings is 1. The average Bonchev–Trinajstić information content (AvgIpc) is 2.38. The van der Waals surface area contributed by atoms with E-state index in [1.165, 1.54) is 4.90 Å². The minimum Gasteiger partial charge on any atom is -0.192 e. The molecule has 2 heterocycles. The maximum absolute atomic E-state index is 9.19. The van der Waals surface area contributed by atoms with Crippen molar-refractivity contribution in [1.29, 1.82) is 5.26 Å². The van der Waals surface area contributed by atoms with Crippen LogP contribution >= 0.6 is 0 Å². The zero-order chi connectivity index (χ0) is 11.0. The molecular formula is C14H12NS+. The fourth-order valence-electron chi connectivity index (χ4n) is 2.34. The number of nitriles is 1. The summed E-state index contributed by atoms with van der Waals surface area (Å²) < 4.78 is 0. The fraction of sp³-hybridized carbons (Fsp3) is 0.214. The fourth-order valence-corrected chi connectivity index (χ4v) is 4.79. The highest BCUT2D eigenvalue weighted by molar-refractivity contribution is 7.98. The zero-order valence-electron chi connectivity index (χ0n) is 8.89. The van der Waals surface area contributed by atoms with Gasteiger partial charge in [-0.1, -0.05) is 18.2 Å². The van der Waals surface area contributed by atoms with Crippen LogP contribution in [-0.4, -0.2) is 11.0 Å². The first-order chi connectivity index (χ1) is 7.90. The Kier molecular flexibility index (Phi) is 2.34. The molecule has 2 unspecified atom stereocenters. The van der Waals surface area contributed by atoms with Gasteiger partial charge in [0.2, 0.25) is 0 Å². The van der Waals surface area contributed by atoms with Crippen LogP contribution in [0.1, 0.15) is 12.0 Å². The van der Waals surface area contributed by atoms with Gasteiger partial charge in [0, 0.05) is 22.9 Å². The van der Waals surface area contributed by atoms with Crippen molar-refractivity contribution in [2.45, 2.75) is 16.6 Å². The van der Waals surface area contributed by atoms with Crippen LogP contribution < -0.4 is 0 Å². The van der Waals surface area contributed by atoms with E-state index in [-0.39, 0.29) is 10.9 Å². The molecule has 2 aliphatic heterocycles. The first kappa shape index (κ1) is 9.74. The summed E-state index contributed by atoms with van der Waals surface area (Å²) in [5.41, 5.74) is 2.01. The van der Waals surface area contributed by atoms with E-state index in [1.54, 1.807) is 0 Å². The molecule has 16 heavy (non-hydrogen) atoms. The van der Waals surface area contributed by atoms with Crippen molar-refractivity contribution in [1.82, 2.24) is 0 Å².